The fourth-order valence-corrected chi connectivity index (χ4v) is 3.85. The van der Waals surface area contributed by atoms with Gasteiger partial charge in [0.1, 0.15) is 5.82 Å². The van der Waals surface area contributed by atoms with Gasteiger partial charge in [-0.3, -0.25) is 4.72 Å². The Kier molecular flexibility index (Phi) is 5.45. The van der Waals surface area contributed by atoms with E-state index in [0.717, 1.165) is 25.3 Å². The summed E-state index contributed by atoms with van der Waals surface area (Å²) < 4.78 is 26.3. The van der Waals surface area contributed by atoms with Crippen molar-refractivity contribution < 1.29 is 8.42 Å². The molecule has 0 radical (unpaired) electrons. The molecule has 21 heavy (non-hydrogen) atoms. The molecule has 0 spiro atoms. The first-order valence-electron chi connectivity index (χ1n) is 7.71. The summed E-state index contributed by atoms with van der Waals surface area (Å²) in [5.41, 5.74) is 0.542. The smallest absolute Gasteiger partial charge is 0.232 e. The Bertz CT molecular complexity index is 543. The lowest BCUT2D eigenvalue weighted by Crippen LogP contribution is -2.34. The van der Waals surface area contributed by atoms with Gasteiger partial charge in [0.25, 0.3) is 0 Å². The molecule has 1 atom stereocenters. The van der Waals surface area contributed by atoms with Crippen molar-refractivity contribution in [2.75, 3.05) is 28.5 Å². The minimum Gasteiger partial charge on any atom is -0.356 e. The highest BCUT2D eigenvalue weighted by molar-refractivity contribution is 7.92. The molecule has 1 saturated heterocycles. The van der Waals surface area contributed by atoms with Gasteiger partial charge in [-0.1, -0.05) is 20.3 Å². The summed E-state index contributed by atoms with van der Waals surface area (Å²) in [5.74, 6) is 1.78. The van der Waals surface area contributed by atoms with Gasteiger partial charge >= 0.3 is 0 Å². The predicted molar refractivity (Wildman–Crippen MR) is 87.2 cm³/mol. The van der Waals surface area contributed by atoms with Gasteiger partial charge in [0, 0.05) is 13.1 Å². The van der Waals surface area contributed by atoms with Crippen LogP contribution in [-0.2, 0) is 10.0 Å². The van der Waals surface area contributed by atoms with Crippen LogP contribution in [0.3, 0.4) is 0 Å². The van der Waals surface area contributed by atoms with Crippen molar-refractivity contribution in [3.8, 4) is 0 Å². The minimum absolute atomic E-state index is 0.162. The summed E-state index contributed by atoms with van der Waals surface area (Å²) in [6, 6.07) is 3.70. The summed E-state index contributed by atoms with van der Waals surface area (Å²) in [6.45, 7) is 6.28. The van der Waals surface area contributed by atoms with Crippen LogP contribution in [0.1, 0.15) is 39.5 Å². The largest absolute Gasteiger partial charge is 0.356 e. The van der Waals surface area contributed by atoms with Crippen LogP contribution in [0.4, 0.5) is 11.5 Å². The molecule has 0 aromatic carbocycles. The van der Waals surface area contributed by atoms with Gasteiger partial charge in [-0.2, -0.15) is 0 Å². The third-order valence-corrected chi connectivity index (χ3v) is 5.14. The van der Waals surface area contributed by atoms with Gasteiger partial charge in [-0.15, -0.1) is 0 Å². The Labute approximate surface area is 127 Å². The van der Waals surface area contributed by atoms with Gasteiger partial charge in [-0.05, 0) is 37.3 Å². The average Bonchev–Trinajstić information content (AvgIpc) is 2.46. The topological polar surface area (TPSA) is 62.3 Å². The molecule has 2 heterocycles. The van der Waals surface area contributed by atoms with Crippen LogP contribution in [0.25, 0.3) is 0 Å². The van der Waals surface area contributed by atoms with Crippen molar-refractivity contribution in [3.05, 3.63) is 18.3 Å². The zero-order chi connectivity index (χ0) is 15.3. The first-order valence-corrected chi connectivity index (χ1v) is 9.37. The Morgan fingerprint density at radius 3 is 2.86 bits per heavy atom. The predicted octanol–water partition coefficient (Wildman–Crippen LogP) is 2.86. The number of pyridine rings is 1. The molecule has 0 amide bonds. The number of hydrogen-bond donors (Lipinski definition) is 1. The van der Waals surface area contributed by atoms with Crippen LogP contribution in [0, 0.1) is 5.92 Å². The molecule has 5 nitrogen and oxygen atoms in total. The number of hydrogen-bond acceptors (Lipinski definition) is 4. The maximum Gasteiger partial charge on any atom is 0.232 e. The van der Waals surface area contributed by atoms with E-state index in [9.17, 15) is 8.42 Å². The van der Waals surface area contributed by atoms with Gasteiger partial charge in [0.2, 0.25) is 10.0 Å². The molecule has 1 aromatic heterocycles. The monoisotopic (exact) mass is 311 g/mol. The standard InChI is InChI=1S/C15H25N3O2S/c1-3-4-10-21(19,20)17-14-7-8-15(16-11-14)18-9-5-6-13(2)12-18/h7-8,11,13,17H,3-6,9-10,12H2,1-2H3. The lowest BCUT2D eigenvalue weighted by molar-refractivity contribution is 0.444. The third-order valence-electron chi connectivity index (χ3n) is 3.77. The lowest BCUT2D eigenvalue weighted by Gasteiger charge is -2.31. The quantitative estimate of drug-likeness (QED) is 0.877. The summed E-state index contributed by atoms with van der Waals surface area (Å²) in [5, 5.41) is 0. The van der Waals surface area contributed by atoms with Crippen LogP contribution < -0.4 is 9.62 Å². The van der Waals surface area contributed by atoms with Gasteiger partial charge in [0.15, 0.2) is 0 Å². The number of anilines is 2. The molecule has 2 rings (SSSR count). The highest BCUT2D eigenvalue weighted by Crippen LogP contribution is 2.22. The van der Waals surface area contributed by atoms with Crippen LogP contribution >= 0.6 is 0 Å². The van der Waals surface area contributed by atoms with E-state index in [1.807, 2.05) is 13.0 Å². The van der Waals surface area contributed by atoms with E-state index in [4.69, 9.17) is 0 Å². The minimum atomic E-state index is -3.25. The Hall–Kier alpha value is -1.30. The zero-order valence-electron chi connectivity index (χ0n) is 12.9. The fraction of sp³-hybridized carbons (Fsp3) is 0.667. The SMILES string of the molecule is CCCCS(=O)(=O)Nc1ccc(N2CCCC(C)C2)nc1. The second-order valence-electron chi connectivity index (χ2n) is 5.87. The van der Waals surface area contributed by atoms with E-state index in [2.05, 4.69) is 21.5 Å². The summed E-state index contributed by atoms with van der Waals surface area (Å²) in [7, 11) is -3.25. The molecule has 118 valence electrons. The van der Waals surface area contributed by atoms with Crippen molar-refractivity contribution in [2.24, 2.45) is 5.92 Å². The summed E-state index contributed by atoms with van der Waals surface area (Å²) in [6.07, 6.45) is 5.61. The van der Waals surface area contributed by atoms with Crippen molar-refractivity contribution in [1.82, 2.24) is 4.98 Å². The number of unbranched alkanes of at least 4 members (excludes halogenated alkanes) is 1. The Morgan fingerprint density at radius 1 is 1.43 bits per heavy atom. The normalized spacial score (nSPS) is 19.5. The number of aromatic nitrogens is 1. The van der Waals surface area contributed by atoms with E-state index >= 15 is 0 Å². The molecule has 1 N–H and O–H groups in total. The van der Waals surface area contributed by atoms with E-state index in [-0.39, 0.29) is 5.75 Å². The van der Waals surface area contributed by atoms with Crippen molar-refractivity contribution >= 4 is 21.5 Å². The maximum absolute atomic E-state index is 11.8. The molecular weight excluding hydrogens is 286 g/mol. The van der Waals surface area contributed by atoms with E-state index in [1.165, 1.54) is 12.8 Å². The van der Waals surface area contributed by atoms with Crippen LogP contribution in [0.2, 0.25) is 0 Å². The number of sulfonamides is 1. The maximum atomic E-state index is 11.8. The molecular formula is C15H25N3O2S. The van der Waals surface area contributed by atoms with Gasteiger partial charge in [-0.25, -0.2) is 13.4 Å². The number of piperidine rings is 1. The molecule has 1 fully saturated rings. The molecule has 1 aliphatic heterocycles. The summed E-state index contributed by atoms with van der Waals surface area (Å²) in [4.78, 5) is 6.67. The van der Waals surface area contributed by atoms with E-state index < -0.39 is 10.0 Å². The van der Waals surface area contributed by atoms with Gasteiger partial charge < -0.3 is 4.90 Å². The molecule has 0 saturated carbocycles. The van der Waals surface area contributed by atoms with Crippen molar-refractivity contribution in [2.45, 2.75) is 39.5 Å². The number of nitrogens with zero attached hydrogens (tertiary/aromatic N) is 2. The zero-order valence-corrected chi connectivity index (χ0v) is 13.7. The fourth-order valence-electron chi connectivity index (χ4n) is 2.60. The highest BCUT2D eigenvalue weighted by atomic mass is 32.2. The molecule has 1 unspecified atom stereocenters. The Morgan fingerprint density at radius 2 is 2.24 bits per heavy atom. The number of nitrogens with one attached hydrogen (secondary N) is 1. The van der Waals surface area contributed by atoms with Crippen LogP contribution in [-0.4, -0.2) is 32.2 Å². The van der Waals surface area contributed by atoms with Crippen molar-refractivity contribution in [3.63, 3.8) is 0 Å². The second kappa shape index (κ2) is 7.11. The lowest BCUT2D eigenvalue weighted by atomic mass is 10.0. The molecule has 0 bridgehead atoms. The molecule has 0 aliphatic carbocycles. The third kappa shape index (κ3) is 4.88. The average molecular weight is 311 g/mol. The van der Waals surface area contributed by atoms with Crippen molar-refractivity contribution in [1.29, 1.82) is 0 Å². The van der Waals surface area contributed by atoms with Gasteiger partial charge in [0.05, 0.1) is 17.6 Å². The van der Waals surface area contributed by atoms with E-state index in [0.29, 0.717) is 18.0 Å². The summed E-state index contributed by atoms with van der Waals surface area (Å²) >= 11 is 0. The molecule has 1 aromatic rings. The first kappa shape index (κ1) is 16.1. The highest BCUT2D eigenvalue weighted by Gasteiger charge is 2.17. The first-order chi connectivity index (χ1) is 10.00. The van der Waals surface area contributed by atoms with E-state index in [1.54, 1.807) is 12.3 Å². The second-order valence-corrected chi connectivity index (χ2v) is 7.71. The Balaban J connectivity index is 1.98. The molecule has 6 heteroatoms. The number of rotatable bonds is 6. The van der Waals surface area contributed by atoms with Crippen LogP contribution in [0.5, 0.6) is 0 Å². The van der Waals surface area contributed by atoms with Crippen LogP contribution in [0.15, 0.2) is 18.3 Å². The molecule has 1 aliphatic rings.